The zero-order valence-electron chi connectivity index (χ0n) is 13.6. The lowest BCUT2D eigenvalue weighted by Gasteiger charge is -2.13. The third-order valence-electron chi connectivity index (χ3n) is 3.72. The fourth-order valence-corrected chi connectivity index (χ4v) is 4.31. The predicted molar refractivity (Wildman–Crippen MR) is 85.5 cm³/mol. The van der Waals surface area contributed by atoms with Crippen molar-refractivity contribution < 1.29 is 12.9 Å². The Morgan fingerprint density at radius 2 is 1.68 bits per heavy atom. The second-order valence-electron chi connectivity index (χ2n) is 5.68. The van der Waals surface area contributed by atoms with Gasteiger partial charge in [-0.15, -0.1) is 0 Å². The Hall–Kier alpha value is -1.66. The van der Waals surface area contributed by atoms with Crippen molar-refractivity contribution in [3.05, 3.63) is 45.8 Å². The molecule has 120 valence electrons. The maximum atomic E-state index is 12.5. The Morgan fingerprint density at radius 1 is 1.09 bits per heavy atom. The fraction of sp³-hybridized carbons (Fsp3) is 0.438. The second kappa shape index (κ2) is 6.22. The summed E-state index contributed by atoms with van der Waals surface area (Å²) in [4.78, 5) is 0.372. The molecule has 0 aliphatic carbocycles. The molecule has 0 spiro atoms. The maximum absolute atomic E-state index is 12.5. The molecule has 0 saturated heterocycles. The van der Waals surface area contributed by atoms with Gasteiger partial charge in [0.25, 0.3) is 0 Å². The highest BCUT2D eigenvalue weighted by Gasteiger charge is 2.20. The minimum Gasteiger partial charge on any atom is -0.361 e. The molecule has 2 aromatic rings. The van der Waals surface area contributed by atoms with Gasteiger partial charge in [-0.3, -0.25) is 0 Å². The molecule has 0 atom stereocenters. The normalized spacial score (nSPS) is 11.9. The smallest absolute Gasteiger partial charge is 0.241 e. The van der Waals surface area contributed by atoms with Gasteiger partial charge in [-0.25, -0.2) is 13.1 Å². The minimum absolute atomic E-state index is 0.317. The first-order valence-electron chi connectivity index (χ1n) is 7.21. The van der Waals surface area contributed by atoms with Gasteiger partial charge in [0.2, 0.25) is 10.0 Å². The third kappa shape index (κ3) is 3.39. The summed E-state index contributed by atoms with van der Waals surface area (Å²) in [6.45, 7) is 9.61. The molecule has 0 amide bonds. The Bertz CT molecular complexity index is 749. The van der Waals surface area contributed by atoms with Crippen molar-refractivity contribution in [2.75, 3.05) is 6.54 Å². The summed E-state index contributed by atoms with van der Waals surface area (Å²) in [7, 11) is -3.52. The monoisotopic (exact) mass is 322 g/mol. The van der Waals surface area contributed by atoms with E-state index in [-0.39, 0.29) is 0 Å². The Morgan fingerprint density at radius 3 is 2.18 bits per heavy atom. The summed E-state index contributed by atoms with van der Waals surface area (Å²) in [5.41, 5.74) is 4.36. The van der Waals surface area contributed by atoms with Crippen LogP contribution in [0.25, 0.3) is 0 Å². The van der Waals surface area contributed by atoms with E-state index in [2.05, 4.69) is 9.88 Å². The van der Waals surface area contributed by atoms with Crippen LogP contribution in [-0.2, 0) is 16.4 Å². The van der Waals surface area contributed by atoms with Crippen molar-refractivity contribution in [2.24, 2.45) is 0 Å². The molecular weight excluding hydrogens is 300 g/mol. The third-order valence-corrected chi connectivity index (χ3v) is 5.49. The average molecular weight is 322 g/mol. The molecule has 22 heavy (non-hydrogen) atoms. The first-order chi connectivity index (χ1) is 10.2. The summed E-state index contributed by atoms with van der Waals surface area (Å²) < 4.78 is 32.8. The lowest BCUT2D eigenvalue weighted by molar-refractivity contribution is 0.392. The molecule has 1 aromatic carbocycles. The van der Waals surface area contributed by atoms with Gasteiger partial charge in [-0.1, -0.05) is 22.9 Å². The largest absolute Gasteiger partial charge is 0.361 e. The topological polar surface area (TPSA) is 72.2 Å². The number of hydrogen-bond acceptors (Lipinski definition) is 4. The molecule has 1 aromatic heterocycles. The number of sulfonamides is 1. The predicted octanol–water partition coefficient (Wildman–Crippen LogP) is 2.74. The summed E-state index contributed by atoms with van der Waals surface area (Å²) in [5, 5.41) is 3.88. The highest BCUT2D eigenvalue weighted by Crippen LogP contribution is 2.21. The molecule has 0 fully saturated rings. The van der Waals surface area contributed by atoms with Crippen LogP contribution in [0.1, 0.15) is 33.7 Å². The number of benzene rings is 1. The van der Waals surface area contributed by atoms with Crippen LogP contribution >= 0.6 is 0 Å². The van der Waals surface area contributed by atoms with Crippen LogP contribution in [0.3, 0.4) is 0 Å². The van der Waals surface area contributed by atoms with E-state index in [0.29, 0.717) is 17.9 Å². The minimum atomic E-state index is -3.52. The van der Waals surface area contributed by atoms with E-state index in [1.807, 2.05) is 46.8 Å². The van der Waals surface area contributed by atoms with Crippen molar-refractivity contribution in [2.45, 2.75) is 45.9 Å². The standard InChI is InChI=1S/C16H22N2O3S/c1-10-8-11(2)16(12(3)9-10)22(19,20)17-7-6-15-13(4)18-21-14(15)5/h8-9,17H,6-7H2,1-5H3. The molecule has 1 heterocycles. The summed E-state index contributed by atoms with van der Waals surface area (Å²) in [6.07, 6.45) is 0.560. The van der Waals surface area contributed by atoms with Crippen LogP contribution in [-0.4, -0.2) is 20.1 Å². The van der Waals surface area contributed by atoms with Crippen LogP contribution in [0.15, 0.2) is 21.6 Å². The zero-order valence-corrected chi connectivity index (χ0v) is 14.5. The lowest BCUT2D eigenvalue weighted by atomic mass is 10.1. The van der Waals surface area contributed by atoms with Gasteiger partial charge < -0.3 is 4.52 Å². The van der Waals surface area contributed by atoms with Crippen LogP contribution < -0.4 is 4.72 Å². The highest BCUT2D eigenvalue weighted by atomic mass is 32.2. The van der Waals surface area contributed by atoms with Crippen LogP contribution in [0.5, 0.6) is 0 Å². The first-order valence-corrected chi connectivity index (χ1v) is 8.70. The Kier molecular flexibility index (Phi) is 4.72. The number of rotatable bonds is 5. The van der Waals surface area contributed by atoms with Gasteiger partial charge in [0.1, 0.15) is 5.76 Å². The SMILES string of the molecule is Cc1cc(C)c(S(=O)(=O)NCCc2c(C)noc2C)c(C)c1. The molecule has 0 saturated carbocycles. The van der Waals surface area contributed by atoms with E-state index >= 15 is 0 Å². The molecule has 0 radical (unpaired) electrons. The molecule has 5 nitrogen and oxygen atoms in total. The van der Waals surface area contributed by atoms with Gasteiger partial charge in [0, 0.05) is 12.1 Å². The van der Waals surface area contributed by atoms with E-state index in [1.165, 1.54) is 0 Å². The van der Waals surface area contributed by atoms with E-state index in [9.17, 15) is 8.42 Å². The van der Waals surface area contributed by atoms with Crippen molar-refractivity contribution in [3.63, 3.8) is 0 Å². The van der Waals surface area contributed by atoms with Gasteiger partial charge in [-0.05, 0) is 52.2 Å². The van der Waals surface area contributed by atoms with Crippen molar-refractivity contribution >= 4 is 10.0 Å². The quantitative estimate of drug-likeness (QED) is 0.918. The van der Waals surface area contributed by atoms with E-state index in [4.69, 9.17) is 4.52 Å². The average Bonchev–Trinajstić information content (AvgIpc) is 2.68. The lowest BCUT2D eigenvalue weighted by Crippen LogP contribution is -2.27. The molecule has 0 unspecified atom stereocenters. The van der Waals surface area contributed by atoms with E-state index in [1.54, 1.807) is 0 Å². The van der Waals surface area contributed by atoms with Gasteiger partial charge in [-0.2, -0.15) is 0 Å². The van der Waals surface area contributed by atoms with Crippen molar-refractivity contribution in [3.8, 4) is 0 Å². The molecule has 6 heteroatoms. The summed E-state index contributed by atoms with van der Waals surface area (Å²) >= 11 is 0. The molecule has 0 aliphatic heterocycles. The molecule has 0 aliphatic rings. The van der Waals surface area contributed by atoms with Gasteiger partial charge in [0.05, 0.1) is 10.6 Å². The summed E-state index contributed by atoms with van der Waals surface area (Å²) in [6, 6.07) is 3.77. The number of aromatic nitrogens is 1. The second-order valence-corrected chi connectivity index (χ2v) is 7.38. The van der Waals surface area contributed by atoms with E-state index < -0.39 is 10.0 Å². The fourth-order valence-electron chi connectivity index (χ4n) is 2.83. The van der Waals surface area contributed by atoms with E-state index in [0.717, 1.165) is 33.7 Å². The Balaban J connectivity index is 2.16. The number of aryl methyl sites for hydroxylation is 5. The van der Waals surface area contributed by atoms with Crippen molar-refractivity contribution in [1.29, 1.82) is 0 Å². The van der Waals surface area contributed by atoms with Crippen LogP contribution in [0.2, 0.25) is 0 Å². The van der Waals surface area contributed by atoms with Gasteiger partial charge in [0.15, 0.2) is 0 Å². The highest BCUT2D eigenvalue weighted by molar-refractivity contribution is 7.89. The first kappa shape index (κ1) is 16.7. The number of nitrogens with one attached hydrogen (secondary N) is 1. The molecular formula is C16H22N2O3S. The van der Waals surface area contributed by atoms with Gasteiger partial charge >= 0.3 is 0 Å². The molecule has 2 rings (SSSR count). The summed E-state index contributed by atoms with van der Waals surface area (Å²) in [5.74, 6) is 0.736. The zero-order chi connectivity index (χ0) is 16.5. The Labute approximate surface area is 131 Å². The molecule has 1 N–H and O–H groups in total. The number of nitrogens with zero attached hydrogens (tertiary/aromatic N) is 1. The van der Waals surface area contributed by atoms with Crippen LogP contribution in [0.4, 0.5) is 0 Å². The maximum Gasteiger partial charge on any atom is 0.241 e. The van der Waals surface area contributed by atoms with Crippen molar-refractivity contribution in [1.82, 2.24) is 9.88 Å². The van der Waals surface area contributed by atoms with Crippen LogP contribution in [0, 0.1) is 34.6 Å². The molecule has 0 bridgehead atoms. The number of hydrogen-bond donors (Lipinski definition) is 1.